The molecule has 2 heterocycles. The summed E-state index contributed by atoms with van der Waals surface area (Å²) in [6.45, 7) is 5.30. The molecule has 1 aromatic carbocycles. The maximum atomic E-state index is 12.5. The zero-order chi connectivity index (χ0) is 13.4. The summed E-state index contributed by atoms with van der Waals surface area (Å²) in [6.07, 6.45) is 2.45. The third-order valence-corrected chi connectivity index (χ3v) is 3.46. The zero-order valence-electron chi connectivity index (χ0n) is 11.1. The number of rotatable bonds is 1. The van der Waals surface area contributed by atoms with Gasteiger partial charge in [-0.1, -0.05) is 22.3 Å². The first-order chi connectivity index (χ1) is 9.13. The number of aromatic nitrogens is 1. The highest BCUT2D eigenvalue weighted by Crippen LogP contribution is 2.20. The fourth-order valence-electron chi connectivity index (χ4n) is 2.59. The Bertz CT molecular complexity index is 611. The molecule has 1 aliphatic heterocycles. The van der Waals surface area contributed by atoms with Crippen molar-refractivity contribution in [1.82, 2.24) is 10.1 Å². The molecule has 0 saturated heterocycles. The molecule has 2 aromatic rings. The molecule has 4 nitrogen and oxygen atoms in total. The van der Waals surface area contributed by atoms with E-state index in [0.29, 0.717) is 13.1 Å². The van der Waals surface area contributed by atoms with E-state index in [1.807, 2.05) is 30.9 Å². The van der Waals surface area contributed by atoms with Crippen molar-refractivity contribution in [2.45, 2.75) is 26.8 Å². The molecule has 0 unspecified atom stereocenters. The molecule has 0 N–H and O–H groups in total. The van der Waals surface area contributed by atoms with E-state index >= 15 is 0 Å². The van der Waals surface area contributed by atoms with Gasteiger partial charge < -0.3 is 9.42 Å². The van der Waals surface area contributed by atoms with E-state index in [1.54, 1.807) is 6.20 Å². The van der Waals surface area contributed by atoms with Crippen LogP contribution in [0.25, 0.3) is 0 Å². The van der Waals surface area contributed by atoms with Crippen LogP contribution in [0.15, 0.2) is 28.9 Å². The second kappa shape index (κ2) is 4.53. The highest BCUT2D eigenvalue weighted by molar-refractivity contribution is 5.94. The molecule has 3 rings (SSSR count). The average Bonchev–Trinajstić information content (AvgIpc) is 2.83. The predicted octanol–water partition coefficient (Wildman–Crippen LogP) is 2.49. The number of fused-ring (bicyclic) bond motifs is 1. The number of benzene rings is 1. The summed E-state index contributed by atoms with van der Waals surface area (Å²) in [5.74, 6) is 0.989. The van der Waals surface area contributed by atoms with Gasteiger partial charge in [0.05, 0.1) is 12.7 Å². The Morgan fingerprint density at radius 1 is 1.26 bits per heavy atom. The zero-order valence-corrected chi connectivity index (χ0v) is 11.1. The maximum Gasteiger partial charge on any atom is 0.254 e. The van der Waals surface area contributed by atoms with Gasteiger partial charge in [0, 0.05) is 24.1 Å². The van der Waals surface area contributed by atoms with E-state index in [2.05, 4.69) is 11.2 Å². The number of aryl methyl sites for hydroxylation is 2. The number of hydrogen-bond donors (Lipinski definition) is 0. The number of hydrogen-bond acceptors (Lipinski definition) is 3. The molecule has 1 aromatic heterocycles. The summed E-state index contributed by atoms with van der Waals surface area (Å²) < 4.78 is 5.14. The number of carbonyl (C=O) groups is 1. The molecular weight excluding hydrogens is 240 g/mol. The Labute approximate surface area is 112 Å². The molecule has 0 aliphatic carbocycles. The lowest BCUT2D eigenvalue weighted by Gasteiger charge is -2.26. The van der Waals surface area contributed by atoms with Gasteiger partial charge in [0.1, 0.15) is 5.76 Å². The van der Waals surface area contributed by atoms with Gasteiger partial charge in [0.25, 0.3) is 5.91 Å². The van der Waals surface area contributed by atoms with Crippen LogP contribution in [-0.2, 0) is 13.0 Å². The van der Waals surface area contributed by atoms with Crippen molar-refractivity contribution in [3.8, 4) is 0 Å². The molecule has 0 spiro atoms. The third kappa shape index (κ3) is 2.26. The minimum Gasteiger partial charge on any atom is -0.361 e. The summed E-state index contributed by atoms with van der Waals surface area (Å²) in [6, 6.07) is 5.96. The molecule has 0 fully saturated rings. The van der Waals surface area contributed by atoms with Crippen LogP contribution in [0.1, 0.15) is 32.8 Å². The molecule has 1 amide bonds. The van der Waals surface area contributed by atoms with Crippen LogP contribution in [-0.4, -0.2) is 22.5 Å². The Balaban J connectivity index is 1.85. The highest BCUT2D eigenvalue weighted by Gasteiger charge is 2.24. The van der Waals surface area contributed by atoms with Crippen molar-refractivity contribution in [3.05, 3.63) is 52.4 Å². The van der Waals surface area contributed by atoms with Crippen molar-refractivity contribution in [2.75, 3.05) is 6.54 Å². The topological polar surface area (TPSA) is 46.3 Å². The fourth-order valence-corrected chi connectivity index (χ4v) is 2.59. The molecule has 19 heavy (non-hydrogen) atoms. The van der Waals surface area contributed by atoms with Crippen LogP contribution in [0.5, 0.6) is 0 Å². The van der Waals surface area contributed by atoms with Crippen molar-refractivity contribution in [1.29, 1.82) is 0 Å². The standard InChI is InChI=1S/C15H16N2O2/c1-10-5-11(2)7-12(6-10)15(18)17-4-3-14-13(9-17)8-16-19-14/h5-8H,3-4,9H2,1-2H3. The Hall–Kier alpha value is -2.10. The summed E-state index contributed by atoms with van der Waals surface area (Å²) in [5.41, 5.74) is 4.01. The predicted molar refractivity (Wildman–Crippen MR) is 70.9 cm³/mol. The van der Waals surface area contributed by atoms with Crippen molar-refractivity contribution < 1.29 is 9.32 Å². The minimum atomic E-state index is 0.0821. The SMILES string of the molecule is Cc1cc(C)cc(C(=O)N2CCc3oncc3C2)c1. The monoisotopic (exact) mass is 256 g/mol. The smallest absolute Gasteiger partial charge is 0.254 e. The first-order valence-corrected chi connectivity index (χ1v) is 6.43. The lowest BCUT2D eigenvalue weighted by atomic mass is 10.0. The largest absolute Gasteiger partial charge is 0.361 e. The third-order valence-electron chi connectivity index (χ3n) is 3.46. The maximum absolute atomic E-state index is 12.5. The quantitative estimate of drug-likeness (QED) is 0.787. The van der Waals surface area contributed by atoms with Gasteiger partial charge in [-0.3, -0.25) is 4.79 Å². The van der Waals surface area contributed by atoms with E-state index < -0.39 is 0 Å². The van der Waals surface area contributed by atoms with E-state index in [-0.39, 0.29) is 5.91 Å². The molecule has 0 bridgehead atoms. The minimum absolute atomic E-state index is 0.0821. The van der Waals surface area contributed by atoms with E-state index in [0.717, 1.165) is 34.4 Å². The van der Waals surface area contributed by atoms with Gasteiger partial charge in [-0.2, -0.15) is 0 Å². The normalized spacial score (nSPS) is 14.3. The van der Waals surface area contributed by atoms with Gasteiger partial charge >= 0.3 is 0 Å². The summed E-state index contributed by atoms with van der Waals surface area (Å²) in [5, 5.41) is 3.79. The Morgan fingerprint density at radius 3 is 2.74 bits per heavy atom. The van der Waals surface area contributed by atoms with Gasteiger partial charge in [-0.15, -0.1) is 0 Å². The lowest BCUT2D eigenvalue weighted by molar-refractivity contribution is 0.0728. The molecule has 1 aliphatic rings. The summed E-state index contributed by atoms with van der Waals surface area (Å²) in [7, 11) is 0. The van der Waals surface area contributed by atoms with Crippen LogP contribution < -0.4 is 0 Å². The van der Waals surface area contributed by atoms with Crippen molar-refractivity contribution in [2.24, 2.45) is 0 Å². The van der Waals surface area contributed by atoms with E-state index in [4.69, 9.17) is 4.52 Å². The lowest BCUT2D eigenvalue weighted by Crippen LogP contribution is -2.35. The second-order valence-corrected chi connectivity index (χ2v) is 5.13. The van der Waals surface area contributed by atoms with Crippen LogP contribution in [0.2, 0.25) is 0 Å². The van der Waals surface area contributed by atoms with Gasteiger partial charge in [0.2, 0.25) is 0 Å². The van der Waals surface area contributed by atoms with Crippen molar-refractivity contribution in [3.63, 3.8) is 0 Å². The van der Waals surface area contributed by atoms with Gasteiger partial charge in [-0.05, 0) is 26.0 Å². The van der Waals surface area contributed by atoms with Crippen molar-refractivity contribution >= 4 is 5.91 Å². The van der Waals surface area contributed by atoms with Crippen LogP contribution in [0, 0.1) is 13.8 Å². The van der Waals surface area contributed by atoms with Gasteiger partial charge in [-0.25, -0.2) is 0 Å². The first-order valence-electron chi connectivity index (χ1n) is 6.43. The Morgan fingerprint density at radius 2 is 2.00 bits per heavy atom. The molecule has 0 radical (unpaired) electrons. The van der Waals surface area contributed by atoms with Crippen LogP contribution in [0.4, 0.5) is 0 Å². The number of nitrogens with zero attached hydrogens (tertiary/aromatic N) is 2. The fraction of sp³-hybridized carbons (Fsp3) is 0.333. The molecule has 4 heteroatoms. The summed E-state index contributed by atoms with van der Waals surface area (Å²) >= 11 is 0. The van der Waals surface area contributed by atoms with Crippen LogP contribution in [0.3, 0.4) is 0 Å². The Kier molecular flexibility index (Phi) is 2.85. The average molecular weight is 256 g/mol. The van der Waals surface area contributed by atoms with Gasteiger partial charge in [0.15, 0.2) is 0 Å². The summed E-state index contributed by atoms with van der Waals surface area (Å²) in [4.78, 5) is 14.4. The molecule has 98 valence electrons. The molecule has 0 atom stereocenters. The van der Waals surface area contributed by atoms with Crippen LogP contribution >= 0.6 is 0 Å². The first kappa shape index (κ1) is 12.0. The van der Waals surface area contributed by atoms with E-state index in [9.17, 15) is 4.79 Å². The highest BCUT2D eigenvalue weighted by atomic mass is 16.5. The number of amides is 1. The molecule has 0 saturated carbocycles. The van der Waals surface area contributed by atoms with E-state index in [1.165, 1.54) is 0 Å². The second-order valence-electron chi connectivity index (χ2n) is 5.13. The molecular formula is C15H16N2O2. The number of carbonyl (C=O) groups excluding carboxylic acids is 1.